The summed E-state index contributed by atoms with van der Waals surface area (Å²) < 4.78 is 85.3. The van der Waals surface area contributed by atoms with Crippen LogP contribution >= 0.6 is 0 Å². The van der Waals surface area contributed by atoms with Crippen molar-refractivity contribution in [2.24, 2.45) is 0 Å². The van der Waals surface area contributed by atoms with Gasteiger partial charge in [-0.15, -0.1) is 0 Å². The normalized spacial score (nSPS) is 14.4. The van der Waals surface area contributed by atoms with Gasteiger partial charge in [0.2, 0.25) is 11.5 Å². The van der Waals surface area contributed by atoms with Crippen molar-refractivity contribution in [3.05, 3.63) is 99.9 Å². The third kappa shape index (κ3) is 4.77. The lowest BCUT2D eigenvalue weighted by atomic mass is 9.87. The van der Waals surface area contributed by atoms with E-state index in [-0.39, 0.29) is 33.4 Å². The second-order valence-corrected chi connectivity index (χ2v) is 8.40. The standard InChI is InChI=1S/C25H19F6N3O3/c1-13-2-3-14(8-18(13)27)23(24(37,12-35)25(29,30)31)33-19-9-15(26)10-20-17(19)5-7-22(36)34(20)16-4-6-21(28)32-11-16/h2-11,23,33,35,37H,12H2,1H3. The summed E-state index contributed by atoms with van der Waals surface area (Å²) in [6.45, 7) is -0.421. The van der Waals surface area contributed by atoms with Crippen LogP contribution in [0.15, 0.2) is 65.6 Å². The van der Waals surface area contributed by atoms with Gasteiger partial charge in [-0.25, -0.2) is 13.8 Å². The van der Waals surface area contributed by atoms with Crippen LogP contribution in [0.2, 0.25) is 0 Å². The number of aryl methyl sites for hydroxylation is 1. The molecule has 2 aromatic heterocycles. The van der Waals surface area contributed by atoms with Crippen molar-refractivity contribution in [2.45, 2.75) is 24.7 Å². The van der Waals surface area contributed by atoms with Crippen LogP contribution in [0.25, 0.3) is 16.6 Å². The van der Waals surface area contributed by atoms with Crippen molar-refractivity contribution >= 4 is 16.6 Å². The fraction of sp³-hybridized carbons (Fsp3) is 0.200. The molecule has 0 spiro atoms. The van der Waals surface area contributed by atoms with Crippen molar-refractivity contribution in [3.8, 4) is 5.69 Å². The van der Waals surface area contributed by atoms with Gasteiger partial charge in [0.05, 0.1) is 30.0 Å². The molecule has 0 aliphatic carbocycles. The Labute approximate surface area is 205 Å². The number of aliphatic hydroxyl groups is 2. The minimum atomic E-state index is -5.40. The molecule has 0 aliphatic rings. The van der Waals surface area contributed by atoms with Gasteiger partial charge < -0.3 is 15.5 Å². The summed E-state index contributed by atoms with van der Waals surface area (Å²) in [4.78, 5) is 16.1. The molecule has 37 heavy (non-hydrogen) atoms. The summed E-state index contributed by atoms with van der Waals surface area (Å²) >= 11 is 0. The Morgan fingerprint density at radius 2 is 1.76 bits per heavy atom. The molecule has 4 rings (SSSR count). The van der Waals surface area contributed by atoms with E-state index in [1.807, 2.05) is 0 Å². The highest BCUT2D eigenvalue weighted by atomic mass is 19.4. The number of aliphatic hydroxyl groups excluding tert-OH is 1. The zero-order valence-electron chi connectivity index (χ0n) is 19.0. The number of alkyl halides is 3. The SMILES string of the molecule is Cc1ccc(C(Nc2cc(F)cc3c2ccc(=O)n3-c2ccc(F)nc2)C(O)(CO)C(F)(F)F)cc1F. The van der Waals surface area contributed by atoms with Gasteiger partial charge in [0.1, 0.15) is 11.6 Å². The van der Waals surface area contributed by atoms with Crippen LogP contribution in [0, 0.1) is 24.5 Å². The molecule has 0 fully saturated rings. The average Bonchev–Trinajstić information content (AvgIpc) is 2.83. The van der Waals surface area contributed by atoms with Gasteiger partial charge in [-0.05, 0) is 54.4 Å². The Kier molecular flexibility index (Phi) is 6.74. The first-order chi connectivity index (χ1) is 17.4. The van der Waals surface area contributed by atoms with Gasteiger partial charge in [0.15, 0.2) is 0 Å². The molecule has 4 aromatic rings. The molecular formula is C25H19F6N3O3. The quantitative estimate of drug-likeness (QED) is 0.255. The molecular weight excluding hydrogens is 504 g/mol. The molecule has 6 nitrogen and oxygen atoms in total. The van der Waals surface area contributed by atoms with E-state index in [9.17, 15) is 41.4 Å². The third-order valence-corrected chi connectivity index (χ3v) is 5.99. The molecule has 0 radical (unpaired) electrons. The lowest BCUT2D eigenvalue weighted by Gasteiger charge is -2.37. The summed E-state index contributed by atoms with van der Waals surface area (Å²) in [6, 6.07) is 7.08. The van der Waals surface area contributed by atoms with Crippen LogP contribution in [0.4, 0.5) is 32.0 Å². The maximum Gasteiger partial charge on any atom is 0.421 e. The van der Waals surface area contributed by atoms with Crippen molar-refractivity contribution in [1.82, 2.24) is 9.55 Å². The number of nitrogens with zero attached hydrogens (tertiary/aromatic N) is 2. The lowest BCUT2D eigenvalue weighted by Crippen LogP contribution is -2.55. The molecule has 3 N–H and O–H groups in total. The predicted octanol–water partition coefficient (Wildman–Crippen LogP) is 4.55. The molecule has 194 valence electrons. The fourth-order valence-electron chi connectivity index (χ4n) is 3.96. The number of hydrogen-bond acceptors (Lipinski definition) is 5. The van der Waals surface area contributed by atoms with Crippen LogP contribution in [-0.2, 0) is 0 Å². The molecule has 2 atom stereocenters. The van der Waals surface area contributed by atoms with Gasteiger partial charge in [0.25, 0.3) is 5.56 Å². The third-order valence-electron chi connectivity index (χ3n) is 5.99. The Morgan fingerprint density at radius 3 is 2.35 bits per heavy atom. The van der Waals surface area contributed by atoms with Gasteiger partial charge >= 0.3 is 6.18 Å². The first kappa shape index (κ1) is 26.2. The molecule has 2 unspecified atom stereocenters. The molecule has 0 aliphatic heterocycles. The lowest BCUT2D eigenvalue weighted by molar-refractivity contribution is -0.277. The highest BCUT2D eigenvalue weighted by Gasteiger charge is 2.59. The number of benzene rings is 2. The highest BCUT2D eigenvalue weighted by molar-refractivity contribution is 5.93. The van der Waals surface area contributed by atoms with E-state index in [4.69, 9.17) is 0 Å². The molecule has 12 heteroatoms. The van der Waals surface area contributed by atoms with E-state index in [1.165, 1.54) is 25.1 Å². The molecule has 0 saturated heterocycles. The maximum atomic E-state index is 14.7. The second-order valence-electron chi connectivity index (χ2n) is 8.40. The minimum absolute atomic E-state index is 0.0328. The Hall–Kier alpha value is -3.90. The predicted molar refractivity (Wildman–Crippen MR) is 123 cm³/mol. The smallest absolute Gasteiger partial charge is 0.393 e. The molecule has 0 bridgehead atoms. The molecule has 0 amide bonds. The van der Waals surface area contributed by atoms with E-state index in [0.717, 1.165) is 47.2 Å². The van der Waals surface area contributed by atoms with Gasteiger partial charge in [-0.3, -0.25) is 9.36 Å². The summed E-state index contributed by atoms with van der Waals surface area (Å²) in [5, 5.41) is 22.6. The van der Waals surface area contributed by atoms with Crippen LogP contribution in [0.3, 0.4) is 0 Å². The van der Waals surface area contributed by atoms with Gasteiger partial charge in [-0.1, -0.05) is 12.1 Å². The number of pyridine rings is 2. The number of rotatable bonds is 6. The van der Waals surface area contributed by atoms with Crippen LogP contribution in [-0.4, -0.2) is 38.1 Å². The van der Waals surface area contributed by atoms with E-state index in [0.29, 0.717) is 0 Å². The monoisotopic (exact) mass is 523 g/mol. The molecule has 2 aromatic carbocycles. The number of halogens is 6. The number of hydrogen-bond donors (Lipinski definition) is 3. The Balaban J connectivity index is 1.96. The molecule has 0 saturated carbocycles. The summed E-state index contributed by atoms with van der Waals surface area (Å²) in [6.07, 6.45) is -4.38. The number of nitrogens with one attached hydrogen (secondary N) is 1. The van der Waals surface area contributed by atoms with E-state index < -0.39 is 47.6 Å². The maximum absolute atomic E-state index is 14.7. The zero-order chi connectivity index (χ0) is 27.1. The molecule has 2 heterocycles. The number of fused-ring (bicyclic) bond motifs is 1. The van der Waals surface area contributed by atoms with E-state index in [1.54, 1.807) is 0 Å². The van der Waals surface area contributed by atoms with Crippen LogP contribution in [0.1, 0.15) is 17.2 Å². The first-order valence-electron chi connectivity index (χ1n) is 10.8. The van der Waals surface area contributed by atoms with Crippen LogP contribution < -0.4 is 10.9 Å². The first-order valence-corrected chi connectivity index (χ1v) is 10.8. The number of anilines is 1. The minimum Gasteiger partial charge on any atom is -0.393 e. The summed E-state index contributed by atoms with van der Waals surface area (Å²) in [5.74, 6) is -2.68. The number of aromatic nitrogens is 2. The van der Waals surface area contributed by atoms with Gasteiger partial charge in [0, 0.05) is 17.1 Å². The summed E-state index contributed by atoms with van der Waals surface area (Å²) in [5.41, 5.74) is -5.12. The van der Waals surface area contributed by atoms with Crippen LogP contribution in [0.5, 0.6) is 0 Å². The largest absolute Gasteiger partial charge is 0.421 e. The van der Waals surface area contributed by atoms with Crippen molar-refractivity contribution in [1.29, 1.82) is 0 Å². The van der Waals surface area contributed by atoms with Crippen molar-refractivity contribution < 1.29 is 36.6 Å². The van der Waals surface area contributed by atoms with Gasteiger partial charge in [-0.2, -0.15) is 17.6 Å². The van der Waals surface area contributed by atoms with E-state index in [2.05, 4.69) is 10.3 Å². The highest BCUT2D eigenvalue weighted by Crippen LogP contribution is 2.43. The fourth-order valence-corrected chi connectivity index (χ4v) is 3.96. The Bertz CT molecular complexity index is 1520. The average molecular weight is 523 g/mol. The second kappa shape index (κ2) is 9.52. The van der Waals surface area contributed by atoms with Crippen molar-refractivity contribution in [3.63, 3.8) is 0 Å². The van der Waals surface area contributed by atoms with E-state index >= 15 is 0 Å². The topological polar surface area (TPSA) is 87.4 Å². The van der Waals surface area contributed by atoms with Crippen molar-refractivity contribution in [2.75, 3.05) is 11.9 Å². The summed E-state index contributed by atoms with van der Waals surface area (Å²) in [7, 11) is 0. The zero-order valence-corrected chi connectivity index (χ0v) is 19.0. The Morgan fingerprint density at radius 1 is 1.03 bits per heavy atom.